The lowest BCUT2D eigenvalue weighted by Gasteiger charge is -2.22. The number of rotatable bonds is 3. The molecule has 2 aromatic heterocycles. The third-order valence-corrected chi connectivity index (χ3v) is 5.51. The summed E-state index contributed by atoms with van der Waals surface area (Å²) in [4.78, 5) is 21.7. The Hall–Kier alpha value is -3.25. The van der Waals surface area contributed by atoms with Crippen LogP contribution in [-0.4, -0.2) is 28.2 Å². The van der Waals surface area contributed by atoms with Gasteiger partial charge >= 0.3 is 0 Å². The second kappa shape index (κ2) is 6.73. The Bertz CT molecular complexity index is 1190. The van der Waals surface area contributed by atoms with Gasteiger partial charge in [-0.05, 0) is 61.1 Å². The average molecular weight is 372 g/mol. The summed E-state index contributed by atoms with van der Waals surface area (Å²) in [5.74, 6) is -0.259. The highest BCUT2D eigenvalue weighted by Crippen LogP contribution is 2.37. The van der Waals surface area contributed by atoms with Crippen LogP contribution < -0.4 is 5.48 Å². The van der Waals surface area contributed by atoms with Crippen molar-refractivity contribution in [1.82, 2.24) is 20.7 Å². The molecular weight excluding hydrogens is 352 g/mol. The topological polar surface area (TPSA) is 79.9 Å². The summed E-state index contributed by atoms with van der Waals surface area (Å²) >= 11 is 0. The first-order valence-corrected chi connectivity index (χ1v) is 9.47. The predicted octanol–water partition coefficient (Wildman–Crippen LogP) is 3.95. The summed E-state index contributed by atoms with van der Waals surface area (Å²) in [5.41, 5.74) is 9.69. The fraction of sp³-hybridized carbons (Fsp3) is 0.227. The van der Waals surface area contributed by atoms with Crippen LogP contribution in [0.3, 0.4) is 0 Å². The number of fused-ring (bicyclic) bond motifs is 5. The molecule has 0 bridgehead atoms. The van der Waals surface area contributed by atoms with Gasteiger partial charge in [0.05, 0.1) is 30.0 Å². The number of hydrogen-bond acceptors (Lipinski definition) is 4. The molecule has 140 valence electrons. The Morgan fingerprint density at radius 3 is 2.64 bits per heavy atom. The molecular formula is C22H20N4O2. The largest absolute Gasteiger partial charge is 0.278 e. The van der Waals surface area contributed by atoms with Gasteiger partial charge in [-0.25, -0.2) is 10.5 Å². The van der Waals surface area contributed by atoms with E-state index in [0.717, 1.165) is 40.5 Å². The number of nitrogens with one attached hydrogen (secondary N) is 2. The zero-order valence-electron chi connectivity index (χ0n) is 15.6. The number of nitrogens with zero attached hydrogens (tertiary/aromatic N) is 2. The van der Waals surface area contributed by atoms with Crippen molar-refractivity contribution in [3.05, 3.63) is 59.3 Å². The zero-order valence-corrected chi connectivity index (χ0v) is 15.6. The van der Waals surface area contributed by atoms with Gasteiger partial charge in [-0.3, -0.25) is 14.7 Å². The Kier molecular flexibility index (Phi) is 4.06. The van der Waals surface area contributed by atoms with E-state index < -0.39 is 0 Å². The molecule has 0 aliphatic heterocycles. The number of aromatic nitrogens is 3. The van der Waals surface area contributed by atoms with Crippen LogP contribution in [0, 0.1) is 0 Å². The molecule has 0 saturated heterocycles. The number of carbonyl (C=O) groups excluding carboxylic acids is 1. The number of H-pyrrole nitrogens is 1. The van der Waals surface area contributed by atoms with Crippen molar-refractivity contribution in [3.8, 4) is 11.3 Å². The van der Waals surface area contributed by atoms with Crippen LogP contribution in [0.2, 0.25) is 0 Å². The standard InChI is InChI=1S/C22H20N4O2/c1-28-26-22(27)14-8-6-13(7-9-14)21-16-5-3-2-4-15(16)20-17-12-23-25-18(17)10-11-19(20)24-21/h6-12H,2-5H2,1H3,(H,23,25)(H,26,27). The van der Waals surface area contributed by atoms with Crippen molar-refractivity contribution in [1.29, 1.82) is 0 Å². The molecule has 2 aromatic carbocycles. The summed E-state index contributed by atoms with van der Waals surface area (Å²) in [6, 6.07) is 11.6. The van der Waals surface area contributed by atoms with Gasteiger partial charge in [0.2, 0.25) is 0 Å². The minimum atomic E-state index is -0.259. The predicted molar refractivity (Wildman–Crippen MR) is 108 cm³/mol. The van der Waals surface area contributed by atoms with Crippen LogP contribution in [0.5, 0.6) is 0 Å². The van der Waals surface area contributed by atoms with Crippen LogP contribution >= 0.6 is 0 Å². The number of pyridine rings is 1. The number of aromatic amines is 1. The van der Waals surface area contributed by atoms with Gasteiger partial charge in [-0.2, -0.15) is 5.10 Å². The van der Waals surface area contributed by atoms with Crippen molar-refractivity contribution in [2.75, 3.05) is 7.11 Å². The van der Waals surface area contributed by atoms with Crippen LogP contribution in [0.1, 0.15) is 34.3 Å². The van der Waals surface area contributed by atoms with Crippen LogP contribution in [0.15, 0.2) is 42.6 Å². The second-order valence-electron chi connectivity index (χ2n) is 7.13. The van der Waals surface area contributed by atoms with E-state index in [1.807, 2.05) is 36.5 Å². The minimum absolute atomic E-state index is 0.259. The maximum absolute atomic E-state index is 11.9. The van der Waals surface area contributed by atoms with E-state index in [0.29, 0.717) is 5.56 Å². The molecule has 6 heteroatoms. The van der Waals surface area contributed by atoms with E-state index in [-0.39, 0.29) is 5.91 Å². The molecule has 28 heavy (non-hydrogen) atoms. The highest BCUT2D eigenvalue weighted by molar-refractivity contribution is 6.07. The van der Waals surface area contributed by atoms with Gasteiger partial charge in [-0.15, -0.1) is 0 Å². The molecule has 0 atom stereocenters. The SMILES string of the molecule is CONC(=O)c1ccc(-c2nc3ccc4[nH]ncc4c3c3c2CCCC3)cc1. The van der Waals surface area contributed by atoms with Gasteiger partial charge in [0.15, 0.2) is 0 Å². The Labute approximate surface area is 161 Å². The molecule has 0 fully saturated rings. The summed E-state index contributed by atoms with van der Waals surface area (Å²) in [7, 11) is 1.43. The average Bonchev–Trinajstić information content (AvgIpc) is 3.22. The third-order valence-electron chi connectivity index (χ3n) is 5.51. The summed E-state index contributed by atoms with van der Waals surface area (Å²) < 4.78 is 0. The van der Waals surface area contributed by atoms with Crippen molar-refractivity contribution in [3.63, 3.8) is 0 Å². The second-order valence-corrected chi connectivity index (χ2v) is 7.13. The quantitative estimate of drug-likeness (QED) is 0.534. The van der Waals surface area contributed by atoms with E-state index in [1.54, 1.807) is 0 Å². The number of aryl methyl sites for hydroxylation is 1. The number of amides is 1. The first-order chi connectivity index (χ1) is 13.8. The molecule has 2 heterocycles. The number of hydroxylamine groups is 1. The number of carbonyl (C=O) groups is 1. The van der Waals surface area contributed by atoms with Gasteiger partial charge in [0.25, 0.3) is 5.91 Å². The van der Waals surface area contributed by atoms with Gasteiger partial charge in [0, 0.05) is 21.9 Å². The molecule has 4 aromatic rings. The summed E-state index contributed by atoms with van der Waals surface area (Å²) in [5, 5.41) is 9.65. The van der Waals surface area contributed by atoms with E-state index in [2.05, 4.69) is 21.7 Å². The first-order valence-electron chi connectivity index (χ1n) is 9.47. The summed E-state index contributed by atoms with van der Waals surface area (Å²) in [6.45, 7) is 0. The fourth-order valence-corrected chi connectivity index (χ4v) is 4.22. The third kappa shape index (κ3) is 2.65. The van der Waals surface area contributed by atoms with Gasteiger partial charge in [0.1, 0.15) is 0 Å². The van der Waals surface area contributed by atoms with E-state index in [1.165, 1.54) is 36.5 Å². The molecule has 2 N–H and O–H groups in total. The van der Waals surface area contributed by atoms with Gasteiger partial charge < -0.3 is 0 Å². The Balaban J connectivity index is 1.69. The molecule has 1 aliphatic carbocycles. The fourth-order valence-electron chi connectivity index (χ4n) is 4.22. The molecule has 5 rings (SSSR count). The lowest BCUT2D eigenvalue weighted by Crippen LogP contribution is -2.21. The Morgan fingerprint density at radius 1 is 1.07 bits per heavy atom. The van der Waals surface area contributed by atoms with Crippen molar-refractivity contribution in [2.45, 2.75) is 25.7 Å². The number of benzene rings is 2. The van der Waals surface area contributed by atoms with Crippen molar-refractivity contribution in [2.24, 2.45) is 0 Å². The molecule has 0 radical (unpaired) electrons. The molecule has 0 unspecified atom stereocenters. The molecule has 0 spiro atoms. The Morgan fingerprint density at radius 2 is 1.86 bits per heavy atom. The lowest BCUT2D eigenvalue weighted by molar-refractivity contribution is 0.0537. The monoisotopic (exact) mass is 372 g/mol. The van der Waals surface area contributed by atoms with Crippen molar-refractivity contribution < 1.29 is 9.63 Å². The first kappa shape index (κ1) is 16.9. The highest BCUT2D eigenvalue weighted by atomic mass is 16.6. The minimum Gasteiger partial charge on any atom is -0.278 e. The van der Waals surface area contributed by atoms with E-state index >= 15 is 0 Å². The maximum Gasteiger partial charge on any atom is 0.274 e. The lowest BCUT2D eigenvalue weighted by atomic mass is 9.85. The molecule has 6 nitrogen and oxygen atoms in total. The molecule has 1 aliphatic rings. The molecule has 0 saturated carbocycles. The maximum atomic E-state index is 11.9. The van der Waals surface area contributed by atoms with Gasteiger partial charge in [-0.1, -0.05) is 12.1 Å². The van der Waals surface area contributed by atoms with Crippen LogP contribution in [-0.2, 0) is 17.7 Å². The molecule has 1 amide bonds. The van der Waals surface area contributed by atoms with E-state index in [4.69, 9.17) is 9.82 Å². The van der Waals surface area contributed by atoms with E-state index in [9.17, 15) is 4.79 Å². The number of hydrogen-bond donors (Lipinski definition) is 2. The van der Waals surface area contributed by atoms with Crippen LogP contribution in [0.25, 0.3) is 33.1 Å². The summed E-state index contributed by atoms with van der Waals surface area (Å²) in [6.07, 6.45) is 6.34. The van der Waals surface area contributed by atoms with Crippen LogP contribution in [0.4, 0.5) is 0 Å². The highest BCUT2D eigenvalue weighted by Gasteiger charge is 2.21. The van der Waals surface area contributed by atoms with Crippen molar-refractivity contribution >= 4 is 27.7 Å². The zero-order chi connectivity index (χ0) is 19.1. The normalized spacial score (nSPS) is 13.6. The smallest absolute Gasteiger partial charge is 0.274 e.